The van der Waals surface area contributed by atoms with Gasteiger partial charge in [-0.25, -0.2) is 4.79 Å². The fraction of sp³-hybridized carbons (Fsp3) is 0.273. The Morgan fingerprint density at radius 2 is 2.06 bits per heavy atom. The third-order valence-corrected chi connectivity index (χ3v) is 3.13. The number of hydrogen-bond donors (Lipinski definition) is 1. The lowest BCUT2D eigenvalue weighted by Crippen LogP contribution is -2.39. The van der Waals surface area contributed by atoms with E-state index in [1.165, 1.54) is 4.57 Å². The van der Waals surface area contributed by atoms with Gasteiger partial charge >= 0.3 is 5.69 Å². The van der Waals surface area contributed by atoms with Gasteiger partial charge in [0.1, 0.15) is 0 Å². The number of aryl methyl sites for hydroxylation is 1. The first kappa shape index (κ1) is 12.1. The van der Waals surface area contributed by atoms with Crippen LogP contribution in [-0.4, -0.2) is 20.8 Å². The van der Waals surface area contributed by atoms with E-state index >= 15 is 0 Å². The third kappa shape index (κ3) is 1.94. The van der Waals surface area contributed by atoms with Crippen LogP contribution in [0.2, 0.25) is 0 Å². The van der Waals surface area contributed by atoms with Crippen LogP contribution in [0.3, 0.4) is 0 Å². The van der Waals surface area contributed by atoms with Crippen molar-refractivity contribution in [1.29, 1.82) is 0 Å². The molecule has 2 aromatic rings. The molecule has 0 radical (unpaired) electrons. The Balaban J connectivity index is 2.96. The van der Waals surface area contributed by atoms with Crippen LogP contribution in [0.4, 0.5) is 0 Å². The summed E-state index contributed by atoms with van der Waals surface area (Å²) in [4.78, 5) is 23.9. The molecule has 0 fully saturated rings. The van der Waals surface area contributed by atoms with E-state index in [9.17, 15) is 9.59 Å². The molecule has 1 aromatic carbocycles. The van der Waals surface area contributed by atoms with Crippen molar-refractivity contribution >= 4 is 26.8 Å². The minimum atomic E-state index is -0.418. The maximum atomic E-state index is 12.1. The van der Waals surface area contributed by atoms with Gasteiger partial charge in [-0.3, -0.25) is 13.9 Å². The molecule has 0 atom stereocenters. The Kier molecular flexibility index (Phi) is 3.17. The summed E-state index contributed by atoms with van der Waals surface area (Å²) in [6.07, 6.45) is 0. The summed E-state index contributed by atoms with van der Waals surface area (Å²) in [7, 11) is 1.60. The molecule has 90 valence electrons. The average Bonchev–Trinajstić information content (AvgIpc) is 2.32. The van der Waals surface area contributed by atoms with E-state index in [-0.39, 0.29) is 18.7 Å². The average molecular weight is 299 g/mol. The topological polar surface area (TPSA) is 64.2 Å². The Labute approximate surface area is 105 Å². The molecule has 0 unspecified atom stereocenters. The molecule has 1 heterocycles. The lowest BCUT2D eigenvalue weighted by molar-refractivity contribution is 0.271. The van der Waals surface area contributed by atoms with Gasteiger partial charge in [-0.1, -0.05) is 15.9 Å². The van der Waals surface area contributed by atoms with Crippen molar-refractivity contribution in [3.8, 4) is 0 Å². The number of halogens is 1. The van der Waals surface area contributed by atoms with Crippen molar-refractivity contribution in [1.82, 2.24) is 9.13 Å². The summed E-state index contributed by atoms with van der Waals surface area (Å²) in [5, 5.41) is 9.32. The molecule has 0 spiro atoms. The van der Waals surface area contributed by atoms with Crippen molar-refractivity contribution in [2.75, 3.05) is 6.61 Å². The highest BCUT2D eigenvalue weighted by molar-refractivity contribution is 9.10. The number of rotatable bonds is 2. The van der Waals surface area contributed by atoms with Crippen LogP contribution < -0.4 is 11.2 Å². The number of fused-ring (bicyclic) bond motifs is 1. The van der Waals surface area contributed by atoms with Crippen molar-refractivity contribution in [3.05, 3.63) is 43.5 Å². The zero-order chi connectivity index (χ0) is 12.6. The second-order valence-electron chi connectivity index (χ2n) is 3.68. The molecular weight excluding hydrogens is 288 g/mol. The molecule has 0 saturated carbocycles. The van der Waals surface area contributed by atoms with Crippen LogP contribution in [0.1, 0.15) is 0 Å². The van der Waals surface area contributed by atoms with Crippen LogP contribution in [-0.2, 0) is 13.6 Å². The normalized spacial score (nSPS) is 11.0. The van der Waals surface area contributed by atoms with Gasteiger partial charge in [-0.05, 0) is 18.2 Å². The highest BCUT2D eigenvalue weighted by atomic mass is 79.9. The van der Waals surface area contributed by atoms with E-state index in [2.05, 4.69) is 15.9 Å². The Morgan fingerprint density at radius 3 is 2.71 bits per heavy atom. The molecule has 0 amide bonds. The second kappa shape index (κ2) is 4.46. The van der Waals surface area contributed by atoms with E-state index in [4.69, 9.17) is 5.11 Å². The molecular formula is C11H11BrN2O3. The van der Waals surface area contributed by atoms with Gasteiger partial charge in [0.2, 0.25) is 0 Å². The number of aliphatic hydroxyl groups is 1. The monoisotopic (exact) mass is 298 g/mol. The van der Waals surface area contributed by atoms with E-state index in [0.717, 1.165) is 9.04 Å². The molecule has 0 aliphatic heterocycles. The van der Waals surface area contributed by atoms with Gasteiger partial charge in [-0.15, -0.1) is 0 Å². The predicted octanol–water partition coefficient (Wildman–Crippen LogP) is 0.455. The molecule has 1 N–H and O–H groups in total. The Morgan fingerprint density at radius 1 is 1.35 bits per heavy atom. The molecule has 0 saturated heterocycles. The summed E-state index contributed by atoms with van der Waals surface area (Å²) in [5.74, 6) is 0. The standard InChI is InChI=1S/C11H11BrN2O3/c1-13-9-3-2-7(12)6-8(9)10(16)14(4-5-15)11(13)17/h2-3,6,15H,4-5H2,1H3. The summed E-state index contributed by atoms with van der Waals surface area (Å²) in [6, 6.07) is 5.16. The van der Waals surface area contributed by atoms with Crippen LogP contribution in [0, 0.1) is 0 Å². The summed E-state index contributed by atoms with van der Waals surface area (Å²) < 4.78 is 3.21. The van der Waals surface area contributed by atoms with Crippen molar-refractivity contribution < 1.29 is 5.11 Å². The number of aromatic nitrogens is 2. The Bertz CT molecular complexity index is 687. The lowest BCUT2D eigenvalue weighted by atomic mass is 10.2. The van der Waals surface area contributed by atoms with Crippen LogP contribution in [0.5, 0.6) is 0 Å². The zero-order valence-electron chi connectivity index (χ0n) is 9.18. The maximum Gasteiger partial charge on any atom is 0.331 e. The summed E-state index contributed by atoms with van der Waals surface area (Å²) in [6.45, 7) is -0.234. The van der Waals surface area contributed by atoms with E-state index in [1.54, 1.807) is 25.2 Å². The summed E-state index contributed by atoms with van der Waals surface area (Å²) >= 11 is 3.29. The van der Waals surface area contributed by atoms with E-state index in [1.807, 2.05) is 0 Å². The fourth-order valence-electron chi connectivity index (χ4n) is 1.79. The number of nitrogens with zero attached hydrogens (tertiary/aromatic N) is 2. The van der Waals surface area contributed by atoms with Crippen LogP contribution in [0.15, 0.2) is 32.3 Å². The summed E-state index contributed by atoms with van der Waals surface area (Å²) in [5.41, 5.74) is -0.213. The second-order valence-corrected chi connectivity index (χ2v) is 4.60. The van der Waals surface area contributed by atoms with Crippen molar-refractivity contribution in [2.45, 2.75) is 6.54 Å². The van der Waals surface area contributed by atoms with Crippen LogP contribution >= 0.6 is 15.9 Å². The lowest BCUT2D eigenvalue weighted by Gasteiger charge is -2.09. The molecule has 17 heavy (non-hydrogen) atoms. The van der Waals surface area contributed by atoms with Gasteiger partial charge in [0.25, 0.3) is 5.56 Å². The van der Waals surface area contributed by atoms with E-state index in [0.29, 0.717) is 10.9 Å². The SMILES string of the molecule is Cn1c(=O)n(CCO)c(=O)c2cc(Br)ccc21. The van der Waals surface area contributed by atoms with Gasteiger partial charge in [0.15, 0.2) is 0 Å². The minimum Gasteiger partial charge on any atom is -0.395 e. The molecule has 0 aliphatic carbocycles. The largest absolute Gasteiger partial charge is 0.395 e. The molecule has 1 aromatic heterocycles. The van der Waals surface area contributed by atoms with Gasteiger partial charge < -0.3 is 5.11 Å². The first-order valence-corrected chi connectivity index (χ1v) is 5.85. The maximum absolute atomic E-state index is 12.1. The van der Waals surface area contributed by atoms with E-state index < -0.39 is 5.69 Å². The minimum absolute atomic E-state index is 0.00790. The fourth-order valence-corrected chi connectivity index (χ4v) is 2.15. The van der Waals surface area contributed by atoms with Crippen molar-refractivity contribution in [3.63, 3.8) is 0 Å². The highest BCUT2D eigenvalue weighted by Gasteiger charge is 2.10. The van der Waals surface area contributed by atoms with Crippen molar-refractivity contribution in [2.24, 2.45) is 7.05 Å². The number of hydrogen-bond acceptors (Lipinski definition) is 3. The highest BCUT2D eigenvalue weighted by Crippen LogP contribution is 2.15. The quantitative estimate of drug-likeness (QED) is 0.876. The molecule has 2 rings (SSSR count). The van der Waals surface area contributed by atoms with Gasteiger partial charge in [-0.2, -0.15) is 0 Å². The molecule has 0 bridgehead atoms. The number of benzene rings is 1. The predicted molar refractivity (Wildman–Crippen MR) is 68.2 cm³/mol. The third-order valence-electron chi connectivity index (χ3n) is 2.64. The first-order valence-electron chi connectivity index (χ1n) is 5.06. The first-order chi connectivity index (χ1) is 8.06. The molecule has 0 aliphatic rings. The molecule has 5 nitrogen and oxygen atoms in total. The zero-order valence-corrected chi connectivity index (χ0v) is 10.8. The van der Waals surface area contributed by atoms with Gasteiger partial charge in [0.05, 0.1) is 24.1 Å². The Hall–Kier alpha value is -1.40. The van der Waals surface area contributed by atoms with Gasteiger partial charge in [0, 0.05) is 11.5 Å². The van der Waals surface area contributed by atoms with Crippen LogP contribution in [0.25, 0.3) is 10.9 Å². The number of aliphatic hydroxyl groups excluding tert-OH is 1. The molecule has 6 heteroatoms. The smallest absolute Gasteiger partial charge is 0.331 e.